The molecule has 2 aromatic heterocycles. The first-order valence-corrected chi connectivity index (χ1v) is 11.9. The first-order valence-electron chi connectivity index (χ1n) is 11.9. The molecule has 188 valence electrons. The lowest BCUT2D eigenvalue weighted by molar-refractivity contribution is 0.100. The fourth-order valence-corrected chi connectivity index (χ4v) is 4.56. The molecule has 37 heavy (non-hydrogen) atoms. The number of amides is 3. The zero-order chi connectivity index (χ0) is 25.8. The Labute approximate surface area is 213 Å². The number of pyridine rings is 1. The summed E-state index contributed by atoms with van der Waals surface area (Å²) in [4.78, 5) is 31.3. The molecule has 3 amide bonds. The SMILES string of the molecule is COc1cc(Nc2n[nH]c(-c3ccc(NC(=O)N4CCC[C@H]4c4ccccc4)cc3)c2C(N)=O)ccn1. The molecule has 0 saturated carbocycles. The Hall–Kier alpha value is -4.86. The molecule has 4 aromatic rings. The van der Waals surface area contributed by atoms with E-state index in [2.05, 4.69) is 37.9 Å². The number of rotatable bonds is 7. The zero-order valence-electron chi connectivity index (χ0n) is 20.3. The van der Waals surface area contributed by atoms with Crippen LogP contribution in [0.2, 0.25) is 0 Å². The number of H-pyrrole nitrogens is 1. The average molecular weight is 498 g/mol. The number of anilines is 3. The molecular formula is C27H27N7O3. The monoisotopic (exact) mass is 497 g/mol. The summed E-state index contributed by atoms with van der Waals surface area (Å²) in [6.45, 7) is 0.707. The van der Waals surface area contributed by atoms with E-state index in [0.29, 0.717) is 35.1 Å². The van der Waals surface area contributed by atoms with E-state index in [4.69, 9.17) is 10.5 Å². The van der Waals surface area contributed by atoms with Crippen molar-refractivity contribution in [1.82, 2.24) is 20.1 Å². The van der Waals surface area contributed by atoms with Crippen LogP contribution in [0, 0.1) is 0 Å². The highest BCUT2D eigenvalue weighted by Crippen LogP contribution is 2.33. The molecule has 5 N–H and O–H groups in total. The van der Waals surface area contributed by atoms with Gasteiger partial charge in [-0.15, -0.1) is 0 Å². The number of urea groups is 1. The third-order valence-corrected chi connectivity index (χ3v) is 6.34. The van der Waals surface area contributed by atoms with Crippen LogP contribution in [-0.4, -0.2) is 45.7 Å². The maximum Gasteiger partial charge on any atom is 0.322 e. The van der Waals surface area contributed by atoms with Crippen LogP contribution in [0.1, 0.15) is 34.8 Å². The van der Waals surface area contributed by atoms with Gasteiger partial charge >= 0.3 is 6.03 Å². The number of nitrogens with two attached hydrogens (primary N) is 1. The Morgan fingerprint density at radius 2 is 1.86 bits per heavy atom. The Kier molecular flexibility index (Phi) is 6.71. The quantitative estimate of drug-likeness (QED) is 0.292. The van der Waals surface area contributed by atoms with Crippen LogP contribution >= 0.6 is 0 Å². The molecule has 1 aliphatic rings. The third-order valence-electron chi connectivity index (χ3n) is 6.34. The van der Waals surface area contributed by atoms with Gasteiger partial charge in [-0.25, -0.2) is 9.78 Å². The Morgan fingerprint density at radius 1 is 1.08 bits per heavy atom. The van der Waals surface area contributed by atoms with Crippen molar-refractivity contribution < 1.29 is 14.3 Å². The minimum atomic E-state index is -0.634. The molecule has 10 nitrogen and oxygen atoms in total. The molecule has 0 radical (unpaired) electrons. The maximum absolute atomic E-state index is 13.0. The smallest absolute Gasteiger partial charge is 0.322 e. The molecule has 1 fully saturated rings. The predicted molar refractivity (Wildman–Crippen MR) is 141 cm³/mol. The number of nitrogens with one attached hydrogen (secondary N) is 3. The fraction of sp³-hybridized carbons (Fsp3) is 0.185. The molecule has 1 aliphatic heterocycles. The summed E-state index contributed by atoms with van der Waals surface area (Å²) in [5.74, 6) is 0.0720. The topological polar surface area (TPSA) is 138 Å². The second-order valence-electron chi connectivity index (χ2n) is 8.67. The van der Waals surface area contributed by atoms with E-state index in [1.165, 1.54) is 7.11 Å². The van der Waals surface area contributed by atoms with Crippen LogP contribution in [-0.2, 0) is 0 Å². The summed E-state index contributed by atoms with van der Waals surface area (Å²) in [6.07, 6.45) is 3.48. The van der Waals surface area contributed by atoms with Crippen LogP contribution in [0.3, 0.4) is 0 Å². The molecule has 10 heteroatoms. The van der Waals surface area contributed by atoms with E-state index in [1.54, 1.807) is 42.6 Å². The third kappa shape index (κ3) is 5.08. The minimum Gasteiger partial charge on any atom is -0.481 e. The standard InChI is InChI=1S/C27H27N7O3/c1-37-22-16-20(13-14-29-22)30-26-23(25(28)35)24(32-33-26)18-9-11-19(12-10-18)31-27(36)34-15-5-8-21(34)17-6-3-2-4-7-17/h2-4,6-7,9-14,16,21H,5,8,15H2,1H3,(H2,28,35)(H,31,36)(H2,29,30,32,33)/t21-/m0/s1. The summed E-state index contributed by atoms with van der Waals surface area (Å²) >= 11 is 0. The van der Waals surface area contributed by atoms with Gasteiger partial charge in [0.2, 0.25) is 5.88 Å². The summed E-state index contributed by atoms with van der Waals surface area (Å²) in [5.41, 5.74) is 9.51. The highest BCUT2D eigenvalue weighted by molar-refractivity contribution is 6.04. The average Bonchev–Trinajstić information content (AvgIpc) is 3.58. The van der Waals surface area contributed by atoms with Crippen LogP contribution < -0.4 is 21.1 Å². The number of primary amides is 1. The number of hydrogen-bond acceptors (Lipinski definition) is 6. The first kappa shape index (κ1) is 23.9. The fourth-order valence-electron chi connectivity index (χ4n) is 4.56. The van der Waals surface area contributed by atoms with Gasteiger partial charge in [-0.05, 0) is 36.6 Å². The van der Waals surface area contributed by atoms with E-state index < -0.39 is 5.91 Å². The zero-order valence-corrected chi connectivity index (χ0v) is 20.3. The van der Waals surface area contributed by atoms with Crippen molar-refractivity contribution in [3.63, 3.8) is 0 Å². The maximum atomic E-state index is 13.0. The number of methoxy groups -OCH3 is 1. The molecule has 0 aliphatic carbocycles. The van der Waals surface area contributed by atoms with Crippen LogP contribution in [0.25, 0.3) is 11.3 Å². The molecule has 0 unspecified atom stereocenters. The van der Waals surface area contributed by atoms with E-state index in [0.717, 1.165) is 18.4 Å². The molecule has 3 heterocycles. The van der Waals surface area contributed by atoms with Crippen molar-refractivity contribution in [2.75, 3.05) is 24.3 Å². The van der Waals surface area contributed by atoms with Crippen molar-refractivity contribution in [2.45, 2.75) is 18.9 Å². The molecule has 5 rings (SSSR count). The van der Waals surface area contributed by atoms with Gasteiger partial charge in [0.05, 0.1) is 18.8 Å². The molecule has 2 aromatic carbocycles. The van der Waals surface area contributed by atoms with Crippen molar-refractivity contribution in [3.8, 4) is 17.1 Å². The highest BCUT2D eigenvalue weighted by atomic mass is 16.5. The number of carbonyl (C=O) groups is 2. The largest absolute Gasteiger partial charge is 0.481 e. The van der Waals surface area contributed by atoms with Crippen molar-refractivity contribution in [1.29, 1.82) is 0 Å². The summed E-state index contributed by atoms with van der Waals surface area (Å²) in [5, 5.41) is 13.2. The van der Waals surface area contributed by atoms with Gasteiger partial charge in [0.1, 0.15) is 5.56 Å². The van der Waals surface area contributed by atoms with Gasteiger partial charge in [-0.1, -0.05) is 42.5 Å². The number of likely N-dealkylation sites (tertiary alicyclic amines) is 1. The van der Waals surface area contributed by atoms with Gasteiger partial charge in [-0.2, -0.15) is 5.10 Å². The van der Waals surface area contributed by atoms with E-state index >= 15 is 0 Å². The minimum absolute atomic E-state index is 0.0647. The molecule has 1 saturated heterocycles. The Morgan fingerprint density at radius 3 is 2.59 bits per heavy atom. The van der Waals surface area contributed by atoms with E-state index in [1.807, 2.05) is 23.1 Å². The summed E-state index contributed by atoms with van der Waals surface area (Å²) in [6, 6.07) is 20.6. The highest BCUT2D eigenvalue weighted by Gasteiger charge is 2.30. The van der Waals surface area contributed by atoms with Gasteiger partial charge in [-0.3, -0.25) is 9.89 Å². The van der Waals surface area contributed by atoms with Crippen molar-refractivity contribution in [2.24, 2.45) is 5.73 Å². The Balaban J connectivity index is 1.32. The lowest BCUT2D eigenvalue weighted by Gasteiger charge is -2.25. The van der Waals surface area contributed by atoms with Crippen LogP contribution in [0.5, 0.6) is 5.88 Å². The van der Waals surface area contributed by atoms with Crippen molar-refractivity contribution in [3.05, 3.63) is 84.1 Å². The molecule has 0 bridgehead atoms. The van der Waals surface area contributed by atoms with Gasteiger partial charge in [0.25, 0.3) is 5.91 Å². The Bertz CT molecular complexity index is 1400. The summed E-state index contributed by atoms with van der Waals surface area (Å²) < 4.78 is 5.14. The van der Waals surface area contributed by atoms with E-state index in [9.17, 15) is 9.59 Å². The lowest BCUT2D eigenvalue weighted by atomic mass is 10.1. The van der Waals surface area contributed by atoms with Crippen LogP contribution in [0.4, 0.5) is 22.0 Å². The number of carbonyl (C=O) groups excluding carboxylic acids is 2. The predicted octanol–water partition coefficient (Wildman–Crippen LogP) is 4.69. The van der Waals surface area contributed by atoms with Crippen LogP contribution in [0.15, 0.2) is 72.9 Å². The molecule has 1 atom stereocenters. The number of aromatic nitrogens is 3. The number of hydrogen-bond donors (Lipinski definition) is 4. The lowest BCUT2D eigenvalue weighted by Crippen LogP contribution is -2.34. The van der Waals surface area contributed by atoms with Gasteiger partial charge < -0.3 is 26.0 Å². The number of aromatic amines is 1. The second kappa shape index (κ2) is 10.4. The first-order chi connectivity index (χ1) is 18.0. The summed E-state index contributed by atoms with van der Waals surface area (Å²) in [7, 11) is 1.52. The van der Waals surface area contributed by atoms with Gasteiger partial charge in [0.15, 0.2) is 5.82 Å². The number of ether oxygens (including phenoxy) is 1. The van der Waals surface area contributed by atoms with Gasteiger partial charge in [0, 0.05) is 35.7 Å². The molecule has 0 spiro atoms. The van der Waals surface area contributed by atoms with E-state index in [-0.39, 0.29) is 23.5 Å². The molecular weight excluding hydrogens is 470 g/mol. The van der Waals surface area contributed by atoms with Crippen molar-refractivity contribution >= 4 is 29.1 Å². The number of benzene rings is 2. The number of nitrogens with zero attached hydrogens (tertiary/aromatic N) is 3. The normalized spacial score (nSPS) is 14.8. The second-order valence-corrected chi connectivity index (χ2v) is 8.67.